The van der Waals surface area contributed by atoms with Crippen LogP contribution in [0.4, 0.5) is 0 Å². The second kappa shape index (κ2) is 5.42. The van der Waals surface area contributed by atoms with E-state index in [1.165, 1.54) is 11.8 Å². The van der Waals surface area contributed by atoms with Gasteiger partial charge in [0.2, 0.25) is 0 Å². The van der Waals surface area contributed by atoms with Crippen LogP contribution in [0.5, 0.6) is 0 Å². The molecule has 0 unspecified atom stereocenters. The quantitative estimate of drug-likeness (QED) is 0.795. The van der Waals surface area contributed by atoms with Crippen LogP contribution in [0.2, 0.25) is 0 Å². The lowest BCUT2D eigenvalue weighted by Gasteiger charge is -2.16. The second-order valence-corrected chi connectivity index (χ2v) is 5.53. The maximum absolute atomic E-state index is 10.7. The van der Waals surface area contributed by atoms with Crippen LogP contribution in [-0.4, -0.2) is 28.9 Å². The second-order valence-electron chi connectivity index (χ2n) is 3.50. The van der Waals surface area contributed by atoms with E-state index < -0.39 is 5.97 Å². The lowest BCUT2D eigenvalue weighted by atomic mass is 10.2. The summed E-state index contributed by atoms with van der Waals surface area (Å²) in [4.78, 5) is 23.5. The third-order valence-electron chi connectivity index (χ3n) is 2.33. The highest BCUT2D eigenvalue weighted by atomic mass is 32.2. The molecule has 0 atom stereocenters. The summed E-state index contributed by atoms with van der Waals surface area (Å²) >= 11 is 3.13. The maximum atomic E-state index is 10.7. The third kappa shape index (κ3) is 2.92. The van der Waals surface area contributed by atoms with Gasteiger partial charge < -0.3 is 5.11 Å². The standard InChI is InChI=1S/C12H10O3S2/c13-5-8-1-3-10(16-6-8)11-4-2-9(7-17-11)12(14)15/h1-5H,6-7H2,(H,14,15). The van der Waals surface area contributed by atoms with Crippen molar-refractivity contribution in [1.82, 2.24) is 0 Å². The first-order valence-corrected chi connectivity index (χ1v) is 6.94. The monoisotopic (exact) mass is 266 g/mol. The zero-order valence-corrected chi connectivity index (χ0v) is 10.5. The molecule has 2 aliphatic heterocycles. The smallest absolute Gasteiger partial charge is 0.332 e. The van der Waals surface area contributed by atoms with Crippen molar-refractivity contribution < 1.29 is 14.7 Å². The van der Waals surface area contributed by atoms with Crippen molar-refractivity contribution >= 4 is 35.8 Å². The van der Waals surface area contributed by atoms with E-state index in [1.807, 2.05) is 18.2 Å². The number of carbonyl (C=O) groups excluding carboxylic acids is 1. The third-order valence-corrected chi connectivity index (χ3v) is 4.73. The van der Waals surface area contributed by atoms with Crippen molar-refractivity contribution in [3.05, 3.63) is 45.3 Å². The first-order valence-electron chi connectivity index (χ1n) is 4.97. The van der Waals surface area contributed by atoms with E-state index in [0.717, 1.165) is 21.7 Å². The number of carbonyl (C=O) groups is 2. The summed E-state index contributed by atoms with van der Waals surface area (Å²) in [6, 6.07) is 0. The number of hydrogen-bond acceptors (Lipinski definition) is 4. The Balaban J connectivity index is 2.16. The van der Waals surface area contributed by atoms with Crippen LogP contribution in [0.3, 0.4) is 0 Å². The minimum Gasteiger partial charge on any atom is -0.478 e. The van der Waals surface area contributed by atoms with E-state index in [2.05, 4.69) is 0 Å². The summed E-state index contributed by atoms with van der Waals surface area (Å²) in [6.45, 7) is 0. The normalized spacial score (nSPS) is 19.8. The van der Waals surface area contributed by atoms with Crippen molar-refractivity contribution in [3.63, 3.8) is 0 Å². The topological polar surface area (TPSA) is 54.4 Å². The number of thioether (sulfide) groups is 2. The molecular weight excluding hydrogens is 256 g/mol. The van der Waals surface area contributed by atoms with Crippen LogP contribution in [-0.2, 0) is 9.59 Å². The Labute approximate surface area is 107 Å². The lowest BCUT2D eigenvalue weighted by molar-refractivity contribution is -0.132. The lowest BCUT2D eigenvalue weighted by Crippen LogP contribution is -2.06. The molecule has 0 bridgehead atoms. The molecule has 0 saturated carbocycles. The number of rotatable bonds is 3. The predicted octanol–water partition coefficient (Wildman–Crippen LogP) is 2.38. The van der Waals surface area contributed by atoms with Gasteiger partial charge in [-0.25, -0.2) is 4.79 Å². The van der Waals surface area contributed by atoms with Crippen LogP contribution in [0.1, 0.15) is 0 Å². The fourth-order valence-corrected chi connectivity index (χ4v) is 3.50. The Morgan fingerprint density at radius 1 is 1.12 bits per heavy atom. The minimum absolute atomic E-state index is 0.421. The molecule has 2 heterocycles. The fourth-order valence-electron chi connectivity index (χ4n) is 1.38. The van der Waals surface area contributed by atoms with Gasteiger partial charge in [0.05, 0.1) is 0 Å². The van der Waals surface area contributed by atoms with Crippen LogP contribution < -0.4 is 0 Å². The summed E-state index contributed by atoms with van der Waals surface area (Å²) in [5.74, 6) is 0.313. The summed E-state index contributed by atoms with van der Waals surface area (Å²) in [6.07, 6.45) is 8.07. The van der Waals surface area contributed by atoms with Gasteiger partial charge in [0.1, 0.15) is 6.29 Å². The zero-order chi connectivity index (χ0) is 12.3. The van der Waals surface area contributed by atoms with E-state index in [0.29, 0.717) is 17.1 Å². The van der Waals surface area contributed by atoms with Gasteiger partial charge in [0.15, 0.2) is 0 Å². The molecule has 2 rings (SSSR count). The zero-order valence-electron chi connectivity index (χ0n) is 8.88. The molecule has 3 nitrogen and oxygen atoms in total. The summed E-state index contributed by atoms with van der Waals surface area (Å²) in [5.41, 5.74) is 1.20. The van der Waals surface area contributed by atoms with Gasteiger partial charge in [0, 0.05) is 32.5 Å². The van der Waals surface area contributed by atoms with Crippen LogP contribution in [0.15, 0.2) is 45.3 Å². The van der Waals surface area contributed by atoms with Crippen molar-refractivity contribution in [2.75, 3.05) is 11.5 Å². The van der Waals surface area contributed by atoms with E-state index in [1.54, 1.807) is 17.8 Å². The molecule has 0 aliphatic carbocycles. The molecule has 0 spiro atoms. The van der Waals surface area contributed by atoms with Crippen LogP contribution in [0, 0.1) is 0 Å². The first kappa shape index (κ1) is 12.3. The molecule has 5 heteroatoms. The Morgan fingerprint density at radius 3 is 2.18 bits per heavy atom. The van der Waals surface area contributed by atoms with E-state index in [-0.39, 0.29) is 0 Å². The number of hydrogen-bond donors (Lipinski definition) is 1. The highest BCUT2D eigenvalue weighted by Gasteiger charge is 2.16. The summed E-state index contributed by atoms with van der Waals surface area (Å²) < 4.78 is 0. The van der Waals surface area contributed by atoms with Gasteiger partial charge >= 0.3 is 5.97 Å². The SMILES string of the molecule is O=CC1=CC=C(C2=CC=C(C(=O)O)CS2)SC1. The van der Waals surface area contributed by atoms with E-state index in [4.69, 9.17) is 5.11 Å². The fraction of sp³-hybridized carbons (Fsp3) is 0.167. The summed E-state index contributed by atoms with van der Waals surface area (Å²) in [7, 11) is 0. The molecule has 0 amide bonds. The number of allylic oxidation sites excluding steroid dienone is 4. The largest absolute Gasteiger partial charge is 0.478 e. The van der Waals surface area contributed by atoms with Crippen molar-refractivity contribution in [3.8, 4) is 0 Å². The molecule has 0 aromatic heterocycles. The van der Waals surface area contributed by atoms with Crippen LogP contribution in [0.25, 0.3) is 0 Å². The molecule has 17 heavy (non-hydrogen) atoms. The highest BCUT2D eigenvalue weighted by molar-refractivity contribution is 8.08. The Morgan fingerprint density at radius 2 is 1.76 bits per heavy atom. The molecule has 0 aromatic carbocycles. The molecule has 1 N–H and O–H groups in total. The van der Waals surface area contributed by atoms with Crippen LogP contribution >= 0.6 is 23.5 Å². The van der Waals surface area contributed by atoms with E-state index >= 15 is 0 Å². The number of aliphatic carboxylic acids is 1. The van der Waals surface area contributed by atoms with Gasteiger partial charge in [-0.3, -0.25) is 4.79 Å². The molecule has 88 valence electrons. The Hall–Kier alpha value is -1.20. The molecular formula is C12H10O3S2. The average molecular weight is 266 g/mol. The minimum atomic E-state index is -0.860. The van der Waals surface area contributed by atoms with Gasteiger partial charge in [-0.15, -0.1) is 23.5 Å². The molecule has 0 aromatic rings. The number of carboxylic acid groups (broad SMARTS) is 1. The van der Waals surface area contributed by atoms with Gasteiger partial charge in [0.25, 0.3) is 0 Å². The Kier molecular flexibility index (Phi) is 3.91. The highest BCUT2D eigenvalue weighted by Crippen LogP contribution is 2.38. The van der Waals surface area contributed by atoms with Crippen molar-refractivity contribution in [2.24, 2.45) is 0 Å². The molecule has 0 saturated heterocycles. The average Bonchev–Trinajstić information content (AvgIpc) is 2.39. The maximum Gasteiger partial charge on any atom is 0.332 e. The van der Waals surface area contributed by atoms with Gasteiger partial charge in [-0.1, -0.05) is 6.08 Å². The predicted molar refractivity (Wildman–Crippen MR) is 70.9 cm³/mol. The summed E-state index contributed by atoms with van der Waals surface area (Å²) in [5, 5.41) is 8.82. The number of aldehydes is 1. The first-order chi connectivity index (χ1) is 8.20. The Bertz CT molecular complexity index is 484. The van der Waals surface area contributed by atoms with E-state index in [9.17, 15) is 9.59 Å². The molecule has 0 radical (unpaired) electrons. The van der Waals surface area contributed by atoms with Gasteiger partial charge in [-0.2, -0.15) is 0 Å². The van der Waals surface area contributed by atoms with Crippen molar-refractivity contribution in [1.29, 1.82) is 0 Å². The molecule has 2 aliphatic rings. The van der Waals surface area contributed by atoms with Gasteiger partial charge in [-0.05, 0) is 18.2 Å². The number of carboxylic acids is 1. The van der Waals surface area contributed by atoms with Crippen molar-refractivity contribution in [2.45, 2.75) is 0 Å². The molecule has 0 fully saturated rings.